The normalized spacial score (nSPS) is 15.8. The van der Waals surface area contributed by atoms with E-state index in [1.807, 2.05) is 13.8 Å². The highest BCUT2D eigenvalue weighted by Gasteiger charge is 2.38. The molecule has 0 spiro atoms. The molecule has 0 bridgehead atoms. The first-order valence-corrected chi connectivity index (χ1v) is 7.40. The van der Waals surface area contributed by atoms with Crippen molar-refractivity contribution < 1.29 is 14.7 Å². The quantitative estimate of drug-likeness (QED) is 0.641. The van der Waals surface area contributed by atoms with Crippen LogP contribution in [-0.4, -0.2) is 29.2 Å². The molecule has 0 atom stereocenters. The topological polar surface area (TPSA) is 78.4 Å². The fourth-order valence-corrected chi connectivity index (χ4v) is 2.33. The third kappa shape index (κ3) is 6.26. The predicted octanol–water partition coefficient (Wildman–Crippen LogP) is 2.76. The molecule has 0 radical (unpaired) electrons. The largest absolute Gasteiger partial charge is 0.481 e. The van der Waals surface area contributed by atoms with E-state index in [-0.39, 0.29) is 23.4 Å². The number of amides is 2. The van der Waals surface area contributed by atoms with Gasteiger partial charge in [-0.1, -0.05) is 13.8 Å². The zero-order chi connectivity index (χ0) is 15.4. The Morgan fingerprint density at radius 3 is 2.25 bits per heavy atom. The van der Waals surface area contributed by atoms with Crippen molar-refractivity contribution in [2.75, 3.05) is 6.54 Å². The molecule has 0 aromatic rings. The zero-order valence-corrected chi connectivity index (χ0v) is 13.1. The number of nitrogens with one attached hydrogen (secondary N) is 2. The van der Waals surface area contributed by atoms with Gasteiger partial charge in [-0.05, 0) is 50.9 Å². The number of rotatable bonds is 8. The molecule has 1 saturated carbocycles. The van der Waals surface area contributed by atoms with Gasteiger partial charge >= 0.3 is 12.0 Å². The molecule has 0 heterocycles. The molecular formula is C15H28N2O3. The molecule has 3 N–H and O–H groups in total. The molecule has 116 valence electrons. The standard InChI is InChI=1S/C15H28N2O3/c1-14(2,8-7-12(18)19)9-10-16-13(20)17-15(3,4)11-5-6-11/h11H,5-10H2,1-4H3,(H,18,19)(H2,16,17,20). The van der Waals surface area contributed by atoms with Crippen LogP contribution in [0.5, 0.6) is 0 Å². The molecule has 0 aliphatic heterocycles. The Kier molecular flexibility index (Phi) is 5.42. The highest BCUT2D eigenvalue weighted by atomic mass is 16.4. The van der Waals surface area contributed by atoms with Crippen LogP contribution in [0.25, 0.3) is 0 Å². The van der Waals surface area contributed by atoms with E-state index in [1.165, 1.54) is 12.8 Å². The lowest BCUT2D eigenvalue weighted by atomic mass is 9.84. The van der Waals surface area contributed by atoms with Gasteiger partial charge in [0.05, 0.1) is 0 Å². The zero-order valence-electron chi connectivity index (χ0n) is 13.1. The number of hydrogen-bond donors (Lipinski definition) is 3. The summed E-state index contributed by atoms with van der Waals surface area (Å²) in [7, 11) is 0. The molecular weight excluding hydrogens is 256 g/mol. The smallest absolute Gasteiger partial charge is 0.315 e. The van der Waals surface area contributed by atoms with Gasteiger partial charge < -0.3 is 15.7 Å². The summed E-state index contributed by atoms with van der Waals surface area (Å²) in [4.78, 5) is 22.4. The molecule has 1 aliphatic rings. The molecule has 0 saturated heterocycles. The van der Waals surface area contributed by atoms with Gasteiger partial charge in [0.2, 0.25) is 0 Å². The second kappa shape index (κ2) is 6.46. The van der Waals surface area contributed by atoms with E-state index >= 15 is 0 Å². The number of hydrogen-bond acceptors (Lipinski definition) is 2. The SMILES string of the molecule is CC(C)(CCNC(=O)NC(C)(C)C1CC1)CCC(=O)O. The van der Waals surface area contributed by atoms with Gasteiger partial charge in [0.15, 0.2) is 0 Å². The number of aliphatic carboxylic acids is 1. The number of urea groups is 1. The summed E-state index contributed by atoms with van der Waals surface area (Å²) < 4.78 is 0. The van der Waals surface area contributed by atoms with Gasteiger partial charge in [-0.3, -0.25) is 4.79 Å². The average molecular weight is 284 g/mol. The van der Waals surface area contributed by atoms with Crippen LogP contribution in [0, 0.1) is 11.3 Å². The summed E-state index contributed by atoms with van der Waals surface area (Å²) in [6, 6.07) is -0.129. The van der Waals surface area contributed by atoms with E-state index < -0.39 is 5.97 Å². The molecule has 5 heteroatoms. The molecule has 1 aliphatic carbocycles. The summed E-state index contributed by atoms with van der Waals surface area (Å²) in [6.07, 6.45) is 3.95. The van der Waals surface area contributed by atoms with Crippen LogP contribution < -0.4 is 10.6 Å². The monoisotopic (exact) mass is 284 g/mol. The Morgan fingerprint density at radius 1 is 1.15 bits per heavy atom. The maximum absolute atomic E-state index is 11.8. The van der Waals surface area contributed by atoms with E-state index in [9.17, 15) is 9.59 Å². The van der Waals surface area contributed by atoms with Crippen LogP contribution in [0.15, 0.2) is 0 Å². The summed E-state index contributed by atoms with van der Waals surface area (Å²) in [5, 5.41) is 14.6. The summed E-state index contributed by atoms with van der Waals surface area (Å²) in [5.74, 6) is -0.171. The lowest BCUT2D eigenvalue weighted by molar-refractivity contribution is -0.137. The number of carboxylic acids is 1. The second-order valence-electron chi connectivity index (χ2n) is 7.18. The predicted molar refractivity (Wildman–Crippen MR) is 78.6 cm³/mol. The lowest BCUT2D eigenvalue weighted by Crippen LogP contribution is -2.50. The van der Waals surface area contributed by atoms with E-state index in [2.05, 4.69) is 24.5 Å². The van der Waals surface area contributed by atoms with E-state index in [0.29, 0.717) is 18.9 Å². The van der Waals surface area contributed by atoms with Crippen molar-refractivity contribution in [3.63, 3.8) is 0 Å². The molecule has 0 unspecified atom stereocenters. The summed E-state index contributed by atoms with van der Waals surface area (Å²) in [5.41, 5.74) is -0.208. The summed E-state index contributed by atoms with van der Waals surface area (Å²) >= 11 is 0. The minimum absolute atomic E-state index is 0.0717. The lowest BCUT2D eigenvalue weighted by Gasteiger charge is -2.27. The van der Waals surface area contributed by atoms with Crippen LogP contribution in [0.2, 0.25) is 0 Å². The van der Waals surface area contributed by atoms with Crippen LogP contribution in [0.3, 0.4) is 0 Å². The first-order valence-electron chi connectivity index (χ1n) is 7.40. The van der Waals surface area contributed by atoms with Gasteiger partial charge in [-0.2, -0.15) is 0 Å². The Hall–Kier alpha value is -1.26. The van der Waals surface area contributed by atoms with E-state index in [0.717, 1.165) is 6.42 Å². The van der Waals surface area contributed by atoms with Crippen molar-refractivity contribution in [2.24, 2.45) is 11.3 Å². The highest BCUT2D eigenvalue weighted by Crippen LogP contribution is 2.39. The van der Waals surface area contributed by atoms with Crippen molar-refractivity contribution in [1.82, 2.24) is 10.6 Å². The first kappa shape index (κ1) is 16.8. The summed E-state index contributed by atoms with van der Waals surface area (Å²) in [6.45, 7) is 8.74. The minimum Gasteiger partial charge on any atom is -0.481 e. The molecule has 0 aromatic carbocycles. The van der Waals surface area contributed by atoms with Crippen molar-refractivity contribution in [3.8, 4) is 0 Å². The van der Waals surface area contributed by atoms with Crippen LogP contribution in [-0.2, 0) is 4.79 Å². The van der Waals surface area contributed by atoms with Gasteiger partial charge in [0, 0.05) is 18.5 Å². The molecule has 2 amide bonds. The van der Waals surface area contributed by atoms with E-state index in [1.54, 1.807) is 0 Å². The molecule has 5 nitrogen and oxygen atoms in total. The second-order valence-corrected chi connectivity index (χ2v) is 7.18. The maximum Gasteiger partial charge on any atom is 0.315 e. The Labute approximate surface area is 121 Å². The van der Waals surface area contributed by atoms with Crippen molar-refractivity contribution >= 4 is 12.0 Å². The Balaban J connectivity index is 2.22. The number of carbonyl (C=O) groups is 2. The van der Waals surface area contributed by atoms with Crippen molar-refractivity contribution in [2.45, 2.75) is 65.3 Å². The van der Waals surface area contributed by atoms with Crippen LogP contribution in [0.4, 0.5) is 4.79 Å². The van der Waals surface area contributed by atoms with Crippen LogP contribution in [0.1, 0.15) is 59.8 Å². The molecule has 20 heavy (non-hydrogen) atoms. The fraction of sp³-hybridized carbons (Fsp3) is 0.867. The minimum atomic E-state index is -0.769. The maximum atomic E-state index is 11.8. The molecule has 0 aromatic heterocycles. The van der Waals surface area contributed by atoms with Crippen molar-refractivity contribution in [1.29, 1.82) is 0 Å². The Bertz CT molecular complexity index is 360. The van der Waals surface area contributed by atoms with Crippen LogP contribution >= 0.6 is 0 Å². The fourth-order valence-electron chi connectivity index (χ4n) is 2.33. The first-order chi connectivity index (χ1) is 9.12. The van der Waals surface area contributed by atoms with Crippen molar-refractivity contribution in [3.05, 3.63) is 0 Å². The molecule has 1 rings (SSSR count). The Morgan fingerprint density at radius 2 is 1.75 bits per heavy atom. The van der Waals surface area contributed by atoms with Gasteiger partial charge in [0.1, 0.15) is 0 Å². The van der Waals surface area contributed by atoms with Gasteiger partial charge in [0.25, 0.3) is 0 Å². The van der Waals surface area contributed by atoms with Gasteiger partial charge in [-0.25, -0.2) is 4.79 Å². The number of carboxylic acid groups (broad SMARTS) is 1. The van der Waals surface area contributed by atoms with Gasteiger partial charge in [-0.15, -0.1) is 0 Å². The third-order valence-corrected chi connectivity index (χ3v) is 4.14. The average Bonchev–Trinajstić information content (AvgIpc) is 3.09. The molecule has 1 fully saturated rings. The number of carbonyl (C=O) groups excluding carboxylic acids is 1. The highest BCUT2D eigenvalue weighted by molar-refractivity contribution is 5.74. The third-order valence-electron chi connectivity index (χ3n) is 4.14. The van der Waals surface area contributed by atoms with E-state index in [4.69, 9.17) is 5.11 Å².